The van der Waals surface area contributed by atoms with Gasteiger partial charge in [0.2, 0.25) is 0 Å². The average Bonchev–Trinajstić information content (AvgIpc) is 2.52. The number of hydrogen-bond acceptors (Lipinski definition) is 3. The largest absolute Gasteiger partial charge is 0.465 e. The number of alkyl halides is 3. The smallest absolute Gasteiger partial charge is 0.416 e. The minimum absolute atomic E-state index is 0.0733. The Morgan fingerprint density at radius 1 is 1.30 bits per heavy atom. The molecule has 3 N–H and O–H groups in total. The normalized spacial score (nSPS) is 18.0. The van der Waals surface area contributed by atoms with Crippen molar-refractivity contribution in [3.05, 3.63) is 34.9 Å². The Labute approximate surface area is 132 Å². The predicted molar refractivity (Wildman–Crippen MR) is 78.9 cm³/mol. The molecule has 1 unspecified atom stereocenters. The fourth-order valence-corrected chi connectivity index (χ4v) is 2.81. The van der Waals surface area contributed by atoms with E-state index in [0.29, 0.717) is 31.7 Å². The molecule has 1 amide bonds. The molecule has 0 aromatic heterocycles. The molecule has 1 fully saturated rings. The maximum atomic E-state index is 13.1. The van der Waals surface area contributed by atoms with Crippen LogP contribution in [0.25, 0.3) is 0 Å². The van der Waals surface area contributed by atoms with Crippen LogP contribution in [0.5, 0.6) is 0 Å². The lowest BCUT2D eigenvalue weighted by Crippen LogP contribution is -2.48. The fourth-order valence-electron chi connectivity index (χ4n) is 2.81. The van der Waals surface area contributed by atoms with Gasteiger partial charge in [-0.25, -0.2) is 4.79 Å². The molecule has 0 aliphatic carbocycles. The van der Waals surface area contributed by atoms with Crippen LogP contribution in [0.1, 0.15) is 29.7 Å². The van der Waals surface area contributed by atoms with Crippen molar-refractivity contribution in [2.75, 3.05) is 26.2 Å². The Morgan fingerprint density at radius 2 is 1.91 bits per heavy atom. The summed E-state index contributed by atoms with van der Waals surface area (Å²) in [4.78, 5) is 14.2. The van der Waals surface area contributed by atoms with Crippen molar-refractivity contribution in [1.82, 2.24) is 9.80 Å². The number of halogens is 3. The highest BCUT2D eigenvalue weighted by atomic mass is 19.4. The standard InChI is InChI=1S/C15H20F3N3O2/c1-10(20-4-6-21(7-5-20)14(22)23)11-2-3-12(9-19)13(8-11)15(16,17)18/h2-3,8,10H,4-7,9,19H2,1H3,(H,22,23). The van der Waals surface area contributed by atoms with Gasteiger partial charge in [0.15, 0.2) is 0 Å². The molecular weight excluding hydrogens is 311 g/mol. The molecule has 1 heterocycles. The summed E-state index contributed by atoms with van der Waals surface area (Å²) in [7, 11) is 0. The number of piperazine rings is 1. The maximum absolute atomic E-state index is 13.1. The van der Waals surface area contributed by atoms with Gasteiger partial charge in [0.05, 0.1) is 5.56 Å². The van der Waals surface area contributed by atoms with Gasteiger partial charge in [-0.05, 0) is 24.1 Å². The summed E-state index contributed by atoms with van der Waals surface area (Å²) < 4.78 is 39.4. The third-order valence-corrected chi connectivity index (χ3v) is 4.27. The van der Waals surface area contributed by atoms with E-state index in [1.807, 2.05) is 11.8 Å². The van der Waals surface area contributed by atoms with Crippen LogP contribution in [0.3, 0.4) is 0 Å². The van der Waals surface area contributed by atoms with Crippen molar-refractivity contribution >= 4 is 6.09 Å². The van der Waals surface area contributed by atoms with Crippen LogP contribution < -0.4 is 5.73 Å². The summed E-state index contributed by atoms with van der Waals surface area (Å²) in [5.74, 6) is 0. The Morgan fingerprint density at radius 3 is 2.39 bits per heavy atom. The third kappa shape index (κ3) is 3.94. The van der Waals surface area contributed by atoms with E-state index in [1.54, 1.807) is 6.07 Å². The van der Waals surface area contributed by atoms with Crippen molar-refractivity contribution < 1.29 is 23.1 Å². The van der Waals surface area contributed by atoms with E-state index < -0.39 is 17.8 Å². The molecule has 1 aromatic rings. The number of rotatable bonds is 3. The highest BCUT2D eigenvalue weighted by Gasteiger charge is 2.34. The van der Waals surface area contributed by atoms with Crippen molar-refractivity contribution in [2.24, 2.45) is 5.73 Å². The van der Waals surface area contributed by atoms with E-state index in [0.717, 1.165) is 6.07 Å². The molecule has 0 saturated carbocycles. The second-order valence-corrected chi connectivity index (χ2v) is 5.60. The van der Waals surface area contributed by atoms with Gasteiger partial charge < -0.3 is 15.7 Å². The van der Waals surface area contributed by atoms with Gasteiger partial charge in [0, 0.05) is 38.8 Å². The molecular formula is C15H20F3N3O2. The highest BCUT2D eigenvalue weighted by Crippen LogP contribution is 2.34. The molecule has 1 aromatic carbocycles. The van der Waals surface area contributed by atoms with E-state index in [4.69, 9.17) is 10.8 Å². The maximum Gasteiger partial charge on any atom is 0.416 e. The molecule has 1 saturated heterocycles. The first kappa shape index (κ1) is 17.6. The Balaban J connectivity index is 2.17. The zero-order chi connectivity index (χ0) is 17.2. The van der Waals surface area contributed by atoms with E-state index in [1.165, 1.54) is 11.0 Å². The number of amides is 1. The number of hydrogen-bond donors (Lipinski definition) is 2. The van der Waals surface area contributed by atoms with Crippen molar-refractivity contribution in [1.29, 1.82) is 0 Å². The quantitative estimate of drug-likeness (QED) is 0.893. The summed E-state index contributed by atoms with van der Waals surface area (Å²) in [5.41, 5.74) is 5.32. The second kappa shape index (κ2) is 6.76. The van der Waals surface area contributed by atoms with Crippen LogP contribution in [-0.2, 0) is 12.7 Å². The van der Waals surface area contributed by atoms with Crippen LogP contribution in [0.2, 0.25) is 0 Å². The second-order valence-electron chi connectivity index (χ2n) is 5.60. The van der Waals surface area contributed by atoms with Crippen molar-refractivity contribution in [3.8, 4) is 0 Å². The topological polar surface area (TPSA) is 69.8 Å². The lowest BCUT2D eigenvalue weighted by atomic mass is 9.98. The Kier molecular flexibility index (Phi) is 5.16. The van der Waals surface area contributed by atoms with Gasteiger partial charge >= 0.3 is 12.3 Å². The first-order valence-corrected chi connectivity index (χ1v) is 7.36. The van der Waals surface area contributed by atoms with Gasteiger partial charge in [-0.15, -0.1) is 0 Å². The average molecular weight is 331 g/mol. The highest BCUT2D eigenvalue weighted by molar-refractivity contribution is 5.65. The predicted octanol–water partition coefficient (Wildman–Crippen LogP) is 2.52. The number of benzene rings is 1. The van der Waals surface area contributed by atoms with Crippen LogP contribution >= 0.6 is 0 Å². The first-order valence-electron chi connectivity index (χ1n) is 7.36. The van der Waals surface area contributed by atoms with Crippen LogP contribution in [-0.4, -0.2) is 47.2 Å². The number of nitrogens with two attached hydrogens (primary N) is 1. The molecule has 128 valence electrons. The minimum Gasteiger partial charge on any atom is -0.465 e. The zero-order valence-electron chi connectivity index (χ0n) is 12.8. The van der Waals surface area contributed by atoms with E-state index >= 15 is 0 Å². The first-order chi connectivity index (χ1) is 10.7. The van der Waals surface area contributed by atoms with Crippen molar-refractivity contribution in [3.63, 3.8) is 0 Å². The monoisotopic (exact) mass is 331 g/mol. The molecule has 1 atom stereocenters. The van der Waals surface area contributed by atoms with Gasteiger partial charge in [-0.3, -0.25) is 4.90 Å². The Bertz CT molecular complexity index is 570. The van der Waals surface area contributed by atoms with E-state index in [9.17, 15) is 18.0 Å². The van der Waals surface area contributed by atoms with E-state index in [-0.39, 0.29) is 18.2 Å². The molecule has 2 rings (SSSR count). The van der Waals surface area contributed by atoms with Gasteiger partial charge in [-0.2, -0.15) is 13.2 Å². The SMILES string of the molecule is CC(c1ccc(CN)c(C(F)(F)F)c1)N1CCN(C(=O)O)CC1. The lowest BCUT2D eigenvalue weighted by Gasteiger charge is -2.37. The number of carboxylic acid groups (broad SMARTS) is 1. The molecule has 0 bridgehead atoms. The molecule has 5 nitrogen and oxygen atoms in total. The van der Waals surface area contributed by atoms with Gasteiger partial charge in [0.25, 0.3) is 0 Å². The van der Waals surface area contributed by atoms with Crippen molar-refractivity contribution in [2.45, 2.75) is 25.7 Å². The van der Waals surface area contributed by atoms with Crippen LogP contribution in [0.15, 0.2) is 18.2 Å². The summed E-state index contributed by atoms with van der Waals surface area (Å²) in [6.07, 6.45) is -5.41. The molecule has 0 radical (unpaired) electrons. The molecule has 23 heavy (non-hydrogen) atoms. The van der Waals surface area contributed by atoms with Gasteiger partial charge in [-0.1, -0.05) is 12.1 Å². The minimum atomic E-state index is -4.44. The van der Waals surface area contributed by atoms with E-state index in [2.05, 4.69) is 0 Å². The molecule has 8 heteroatoms. The van der Waals surface area contributed by atoms with Gasteiger partial charge in [0.1, 0.15) is 0 Å². The number of carbonyl (C=O) groups is 1. The Hall–Kier alpha value is -1.80. The third-order valence-electron chi connectivity index (χ3n) is 4.27. The van der Waals surface area contributed by atoms with Crippen LogP contribution in [0, 0.1) is 0 Å². The lowest BCUT2D eigenvalue weighted by molar-refractivity contribution is -0.138. The van der Waals surface area contributed by atoms with Crippen LogP contribution in [0.4, 0.5) is 18.0 Å². The summed E-state index contributed by atoms with van der Waals surface area (Å²) in [5, 5.41) is 8.93. The molecule has 1 aliphatic rings. The fraction of sp³-hybridized carbons (Fsp3) is 0.533. The molecule has 0 spiro atoms. The number of nitrogens with zero attached hydrogens (tertiary/aromatic N) is 2. The molecule has 1 aliphatic heterocycles. The zero-order valence-corrected chi connectivity index (χ0v) is 12.8. The summed E-state index contributed by atoms with van der Waals surface area (Å²) >= 11 is 0. The summed E-state index contributed by atoms with van der Waals surface area (Å²) in [6.45, 7) is 3.36. The summed E-state index contributed by atoms with van der Waals surface area (Å²) in [6, 6.07) is 4.00.